The number of nitrogens with one attached hydrogen (secondary N) is 1. The number of hydrogen-bond donors (Lipinski definition) is 2. The third-order valence-electron chi connectivity index (χ3n) is 2.00. The molecule has 0 spiro atoms. The van der Waals surface area contributed by atoms with Crippen molar-refractivity contribution in [2.24, 2.45) is 0 Å². The SMILES string of the molecule is C[C@@H](NC(=O)COc1cc(Cl)ccc1Cl)C(=O)O. The van der Waals surface area contributed by atoms with Crippen LogP contribution in [0.25, 0.3) is 0 Å². The van der Waals surface area contributed by atoms with Crippen LogP contribution in [0.4, 0.5) is 0 Å². The van der Waals surface area contributed by atoms with E-state index in [9.17, 15) is 9.59 Å². The minimum Gasteiger partial charge on any atom is -0.482 e. The number of aliphatic carboxylic acids is 1. The summed E-state index contributed by atoms with van der Waals surface area (Å²) in [5, 5.41) is 11.6. The first-order valence-electron chi connectivity index (χ1n) is 5.00. The van der Waals surface area contributed by atoms with Crippen molar-refractivity contribution in [1.29, 1.82) is 0 Å². The van der Waals surface area contributed by atoms with Gasteiger partial charge in [-0.3, -0.25) is 9.59 Å². The van der Waals surface area contributed by atoms with Crippen LogP contribution < -0.4 is 10.1 Å². The van der Waals surface area contributed by atoms with E-state index in [0.717, 1.165) is 0 Å². The molecule has 0 radical (unpaired) electrons. The molecule has 1 aromatic rings. The van der Waals surface area contributed by atoms with Crippen LogP contribution in [0.2, 0.25) is 10.0 Å². The minimum atomic E-state index is -1.12. The zero-order valence-corrected chi connectivity index (χ0v) is 11.0. The van der Waals surface area contributed by atoms with Gasteiger partial charge in [-0.2, -0.15) is 0 Å². The lowest BCUT2D eigenvalue weighted by molar-refractivity contribution is -0.141. The molecule has 2 N–H and O–H groups in total. The maximum Gasteiger partial charge on any atom is 0.325 e. The Labute approximate surface area is 114 Å². The Morgan fingerprint density at radius 2 is 2.11 bits per heavy atom. The Morgan fingerprint density at radius 3 is 2.72 bits per heavy atom. The van der Waals surface area contributed by atoms with E-state index in [2.05, 4.69) is 5.32 Å². The van der Waals surface area contributed by atoms with E-state index in [-0.39, 0.29) is 12.4 Å². The zero-order chi connectivity index (χ0) is 13.7. The molecule has 0 saturated heterocycles. The summed E-state index contributed by atoms with van der Waals surface area (Å²) in [6.07, 6.45) is 0. The first-order valence-corrected chi connectivity index (χ1v) is 5.75. The van der Waals surface area contributed by atoms with Gasteiger partial charge in [-0.05, 0) is 19.1 Å². The van der Waals surface area contributed by atoms with E-state index in [1.165, 1.54) is 19.1 Å². The molecule has 0 heterocycles. The van der Waals surface area contributed by atoms with Gasteiger partial charge in [0.15, 0.2) is 6.61 Å². The number of carboxylic acids is 1. The van der Waals surface area contributed by atoms with Crippen molar-refractivity contribution >= 4 is 35.1 Å². The van der Waals surface area contributed by atoms with Crippen LogP contribution in [-0.2, 0) is 9.59 Å². The molecule has 0 aliphatic heterocycles. The van der Waals surface area contributed by atoms with Gasteiger partial charge in [0.05, 0.1) is 5.02 Å². The molecule has 1 amide bonds. The van der Waals surface area contributed by atoms with Gasteiger partial charge in [0.2, 0.25) is 0 Å². The number of carbonyl (C=O) groups excluding carboxylic acids is 1. The zero-order valence-electron chi connectivity index (χ0n) is 9.44. The molecule has 0 aliphatic carbocycles. The predicted octanol–water partition coefficient (Wildman–Crippen LogP) is 1.96. The van der Waals surface area contributed by atoms with Crippen LogP contribution in [0, 0.1) is 0 Å². The molecule has 5 nitrogen and oxygen atoms in total. The highest BCUT2D eigenvalue weighted by Crippen LogP contribution is 2.27. The van der Waals surface area contributed by atoms with Crippen molar-refractivity contribution in [1.82, 2.24) is 5.32 Å². The van der Waals surface area contributed by atoms with Crippen LogP contribution in [0.1, 0.15) is 6.92 Å². The van der Waals surface area contributed by atoms with Gasteiger partial charge in [-0.25, -0.2) is 0 Å². The molecule has 0 aromatic heterocycles. The van der Waals surface area contributed by atoms with Crippen LogP contribution in [0.5, 0.6) is 5.75 Å². The molecule has 1 rings (SSSR count). The highest BCUT2D eigenvalue weighted by Gasteiger charge is 2.14. The van der Waals surface area contributed by atoms with E-state index >= 15 is 0 Å². The standard InChI is InChI=1S/C11H11Cl2NO4/c1-6(11(16)17)14-10(15)5-18-9-4-7(12)2-3-8(9)13/h2-4,6H,5H2,1H3,(H,14,15)(H,16,17)/t6-/m1/s1. The van der Waals surface area contributed by atoms with Crippen molar-refractivity contribution in [3.05, 3.63) is 28.2 Å². The summed E-state index contributed by atoms with van der Waals surface area (Å²) >= 11 is 11.6. The van der Waals surface area contributed by atoms with Crippen molar-refractivity contribution in [3.8, 4) is 5.75 Å². The molecule has 0 fully saturated rings. The first kappa shape index (κ1) is 14.6. The lowest BCUT2D eigenvalue weighted by Crippen LogP contribution is -2.40. The molecule has 1 aromatic carbocycles. The Morgan fingerprint density at radius 1 is 1.44 bits per heavy atom. The van der Waals surface area contributed by atoms with Crippen molar-refractivity contribution < 1.29 is 19.4 Å². The number of carbonyl (C=O) groups is 2. The van der Waals surface area contributed by atoms with Gasteiger partial charge in [0.25, 0.3) is 5.91 Å². The second-order valence-corrected chi connectivity index (χ2v) is 4.33. The average Bonchev–Trinajstić information content (AvgIpc) is 2.30. The summed E-state index contributed by atoms with van der Waals surface area (Å²) in [6.45, 7) is 1.02. The quantitative estimate of drug-likeness (QED) is 0.870. The van der Waals surface area contributed by atoms with E-state index in [0.29, 0.717) is 10.0 Å². The van der Waals surface area contributed by atoms with Crippen molar-refractivity contribution in [3.63, 3.8) is 0 Å². The molecule has 0 bridgehead atoms. The summed E-state index contributed by atoms with van der Waals surface area (Å²) in [5.74, 6) is -1.41. The van der Waals surface area contributed by atoms with Gasteiger partial charge in [0, 0.05) is 11.1 Å². The third-order valence-corrected chi connectivity index (χ3v) is 2.55. The Bertz CT molecular complexity index is 464. The number of benzene rings is 1. The Kier molecular flexibility index (Phi) is 5.25. The third kappa shape index (κ3) is 4.43. The van der Waals surface area contributed by atoms with E-state index < -0.39 is 17.9 Å². The van der Waals surface area contributed by atoms with E-state index in [4.69, 9.17) is 33.0 Å². The van der Waals surface area contributed by atoms with Crippen molar-refractivity contribution in [2.45, 2.75) is 13.0 Å². The molecule has 0 unspecified atom stereocenters. The van der Waals surface area contributed by atoms with E-state index in [1.807, 2.05) is 0 Å². The molecule has 98 valence electrons. The number of halogens is 2. The first-order chi connectivity index (χ1) is 8.40. The smallest absolute Gasteiger partial charge is 0.325 e. The number of amides is 1. The summed E-state index contributed by atoms with van der Waals surface area (Å²) in [7, 11) is 0. The Hall–Kier alpha value is -1.46. The topological polar surface area (TPSA) is 75.6 Å². The summed E-state index contributed by atoms with van der Waals surface area (Å²) < 4.78 is 5.14. The fourth-order valence-corrected chi connectivity index (χ4v) is 1.41. The highest BCUT2D eigenvalue weighted by molar-refractivity contribution is 6.34. The second kappa shape index (κ2) is 6.47. The molecule has 7 heteroatoms. The van der Waals surface area contributed by atoms with Crippen LogP contribution in [-0.4, -0.2) is 29.6 Å². The molecular weight excluding hydrogens is 281 g/mol. The maximum atomic E-state index is 11.4. The number of ether oxygens (including phenoxy) is 1. The largest absolute Gasteiger partial charge is 0.482 e. The molecule has 0 saturated carbocycles. The van der Waals surface area contributed by atoms with Gasteiger partial charge in [0.1, 0.15) is 11.8 Å². The number of carboxylic acid groups (broad SMARTS) is 1. The van der Waals surface area contributed by atoms with Gasteiger partial charge in [-0.15, -0.1) is 0 Å². The molecule has 18 heavy (non-hydrogen) atoms. The normalized spacial score (nSPS) is 11.7. The second-order valence-electron chi connectivity index (χ2n) is 3.49. The highest BCUT2D eigenvalue weighted by atomic mass is 35.5. The Balaban J connectivity index is 2.52. The van der Waals surface area contributed by atoms with Gasteiger partial charge in [-0.1, -0.05) is 23.2 Å². The lowest BCUT2D eigenvalue weighted by atomic mass is 10.3. The maximum absolute atomic E-state index is 11.4. The van der Waals surface area contributed by atoms with Crippen LogP contribution in [0.3, 0.4) is 0 Å². The number of rotatable bonds is 5. The minimum absolute atomic E-state index is 0.266. The number of hydrogen-bond acceptors (Lipinski definition) is 3. The molecule has 1 atom stereocenters. The lowest BCUT2D eigenvalue weighted by Gasteiger charge is -2.11. The molecule has 0 aliphatic rings. The molecular formula is C11H11Cl2NO4. The predicted molar refractivity (Wildman–Crippen MR) is 67.2 cm³/mol. The monoisotopic (exact) mass is 291 g/mol. The summed E-state index contributed by atoms with van der Waals surface area (Å²) in [4.78, 5) is 21.9. The fraction of sp³-hybridized carbons (Fsp3) is 0.273. The summed E-state index contributed by atoms with van der Waals surface area (Å²) in [5.41, 5.74) is 0. The van der Waals surface area contributed by atoms with Crippen LogP contribution >= 0.6 is 23.2 Å². The van der Waals surface area contributed by atoms with E-state index in [1.54, 1.807) is 6.07 Å². The fourth-order valence-electron chi connectivity index (χ4n) is 1.08. The average molecular weight is 292 g/mol. The van der Waals surface area contributed by atoms with Gasteiger partial charge < -0.3 is 15.2 Å². The van der Waals surface area contributed by atoms with Crippen molar-refractivity contribution in [2.75, 3.05) is 6.61 Å². The van der Waals surface area contributed by atoms with Crippen LogP contribution in [0.15, 0.2) is 18.2 Å². The summed E-state index contributed by atoms with van der Waals surface area (Å²) in [6, 6.07) is 3.62. The van der Waals surface area contributed by atoms with Gasteiger partial charge >= 0.3 is 5.97 Å².